The van der Waals surface area contributed by atoms with Crippen LogP contribution in [-0.4, -0.2) is 33.5 Å². The Balaban J connectivity index is 2.09. The number of aromatic nitrogens is 2. The number of carbonyl (C=O) groups excluding carboxylic acids is 1. The van der Waals surface area contributed by atoms with Crippen LogP contribution < -0.4 is 5.32 Å². The first-order valence-electron chi connectivity index (χ1n) is 6.16. The van der Waals surface area contributed by atoms with E-state index in [2.05, 4.69) is 15.3 Å². The fraction of sp³-hybridized carbons (Fsp3) is 0.231. The van der Waals surface area contributed by atoms with Gasteiger partial charge in [-0.15, -0.1) is 11.3 Å². The van der Waals surface area contributed by atoms with Crippen molar-refractivity contribution in [3.8, 4) is 0 Å². The fourth-order valence-electron chi connectivity index (χ4n) is 1.52. The molecule has 0 saturated carbocycles. The van der Waals surface area contributed by atoms with E-state index in [0.29, 0.717) is 17.9 Å². The number of carbonyl (C=O) groups is 2. The predicted octanol–water partition coefficient (Wildman–Crippen LogP) is 2.07. The first kappa shape index (κ1) is 15.5. The topological polar surface area (TPSA) is 92.2 Å². The number of amides is 1. The average molecular weight is 323 g/mol. The molecule has 21 heavy (non-hydrogen) atoms. The van der Waals surface area contributed by atoms with Gasteiger partial charge in [0.05, 0.1) is 12.1 Å². The highest BCUT2D eigenvalue weighted by molar-refractivity contribution is 8.01. The highest BCUT2D eigenvalue weighted by Gasteiger charge is 2.10. The number of rotatable bonds is 6. The van der Waals surface area contributed by atoms with Crippen LogP contribution in [0, 0.1) is 0 Å². The van der Waals surface area contributed by atoms with E-state index in [0.717, 1.165) is 9.24 Å². The van der Waals surface area contributed by atoms with Crippen molar-refractivity contribution in [2.45, 2.75) is 22.6 Å². The molecular weight excluding hydrogens is 310 g/mol. The molecule has 0 aliphatic heterocycles. The van der Waals surface area contributed by atoms with Gasteiger partial charge in [-0.25, -0.2) is 4.98 Å². The van der Waals surface area contributed by atoms with E-state index in [9.17, 15) is 9.59 Å². The number of carboxylic acids is 1. The molecule has 2 aromatic heterocycles. The van der Waals surface area contributed by atoms with E-state index >= 15 is 0 Å². The first-order chi connectivity index (χ1) is 10.1. The molecule has 6 nitrogen and oxygen atoms in total. The molecule has 0 unspecified atom stereocenters. The molecule has 0 aromatic carbocycles. The van der Waals surface area contributed by atoms with Gasteiger partial charge in [0.25, 0.3) is 5.91 Å². The smallest absolute Gasteiger partial charge is 0.309 e. The van der Waals surface area contributed by atoms with Gasteiger partial charge in [0.2, 0.25) is 0 Å². The summed E-state index contributed by atoms with van der Waals surface area (Å²) in [6, 6.07) is 3.47. The zero-order valence-electron chi connectivity index (χ0n) is 11.2. The molecule has 0 aliphatic rings. The Kier molecular flexibility index (Phi) is 5.29. The maximum Gasteiger partial charge on any atom is 0.309 e. The molecule has 2 aromatic rings. The second-order valence-electron chi connectivity index (χ2n) is 4.01. The summed E-state index contributed by atoms with van der Waals surface area (Å²) in [5, 5.41) is 13.1. The molecule has 8 heteroatoms. The van der Waals surface area contributed by atoms with E-state index in [4.69, 9.17) is 5.11 Å². The first-order valence-corrected chi connectivity index (χ1v) is 7.86. The molecule has 2 N–H and O–H groups in total. The summed E-state index contributed by atoms with van der Waals surface area (Å²) in [4.78, 5) is 31.4. The SMILES string of the molecule is CCNC(=O)c1cc(Sc2nc(CC(=O)O)cs2)ccn1. The van der Waals surface area contributed by atoms with Crippen molar-refractivity contribution in [3.63, 3.8) is 0 Å². The summed E-state index contributed by atoms with van der Waals surface area (Å²) in [7, 11) is 0. The Bertz CT molecular complexity index is 658. The molecule has 2 heterocycles. The van der Waals surface area contributed by atoms with Crippen LogP contribution in [0.15, 0.2) is 32.9 Å². The molecular formula is C13H13N3O3S2. The predicted molar refractivity (Wildman–Crippen MR) is 79.8 cm³/mol. The maximum absolute atomic E-state index is 11.7. The lowest BCUT2D eigenvalue weighted by atomic mass is 10.3. The van der Waals surface area contributed by atoms with Crippen LogP contribution in [0.3, 0.4) is 0 Å². The number of hydrogen-bond acceptors (Lipinski definition) is 6. The minimum Gasteiger partial charge on any atom is -0.481 e. The van der Waals surface area contributed by atoms with E-state index in [-0.39, 0.29) is 12.3 Å². The van der Waals surface area contributed by atoms with Gasteiger partial charge in [-0.3, -0.25) is 14.6 Å². The van der Waals surface area contributed by atoms with Crippen molar-refractivity contribution in [2.75, 3.05) is 6.54 Å². The van der Waals surface area contributed by atoms with E-state index in [1.807, 2.05) is 6.92 Å². The third kappa shape index (κ3) is 4.54. The van der Waals surface area contributed by atoms with Crippen molar-refractivity contribution in [2.24, 2.45) is 0 Å². The van der Waals surface area contributed by atoms with Gasteiger partial charge in [-0.2, -0.15) is 0 Å². The van der Waals surface area contributed by atoms with Gasteiger partial charge in [-0.05, 0) is 19.1 Å². The van der Waals surface area contributed by atoms with Gasteiger partial charge < -0.3 is 10.4 Å². The molecule has 1 amide bonds. The summed E-state index contributed by atoms with van der Waals surface area (Å²) in [6.45, 7) is 2.39. The Labute approximate surface area is 129 Å². The summed E-state index contributed by atoms with van der Waals surface area (Å²) in [5.41, 5.74) is 0.886. The molecule has 0 radical (unpaired) electrons. The molecule has 110 valence electrons. The summed E-state index contributed by atoms with van der Waals surface area (Å²) < 4.78 is 0.735. The molecule has 0 fully saturated rings. The quantitative estimate of drug-likeness (QED) is 0.845. The average Bonchev–Trinajstić information content (AvgIpc) is 2.85. The largest absolute Gasteiger partial charge is 0.481 e. The van der Waals surface area contributed by atoms with Crippen molar-refractivity contribution >= 4 is 35.0 Å². The lowest BCUT2D eigenvalue weighted by molar-refractivity contribution is -0.136. The van der Waals surface area contributed by atoms with Crippen LogP contribution in [0.25, 0.3) is 0 Å². The zero-order valence-corrected chi connectivity index (χ0v) is 12.8. The highest BCUT2D eigenvalue weighted by atomic mass is 32.2. The number of hydrogen-bond donors (Lipinski definition) is 2. The van der Waals surface area contributed by atoms with Gasteiger partial charge in [0.1, 0.15) is 5.69 Å². The lowest BCUT2D eigenvalue weighted by Gasteiger charge is -2.03. The molecule has 2 rings (SSSR count). The number of aliphatic carboxylic acids is 1. The molecule has 0 aliphatic carbocycles. The van der Waals surface area contributed by atoms with Gasteiger partial charge >= 0.3 is 5.97 Å². The Morgan fingerprint density at radius 2 is 2.29 bits per heavy atom. The van der Waals surface area contributed by atoms with Crippen LogP contribution in [0.2, 0.25) is 0 Å². The Morgan fingerprint density at radius 1 is 1.48 bits per heavy atom. The van der Waals surface area contributed by atoms with Crippen LogP contribution >= 0.6 is 23.1 Å². The van der Waals surface area contributed by atoms with Crippen LogP contribution in [0.4, 0.5) is 0 Å². The van der Waals surface area contributed by atoms with Gasteiger partial charge in [-0.1, -0.05) is 11.8 Å². The number of pyridine rings is 1. The number of nitrogens with zero attached hydrogens (tertiary/aromatic N) is 2. The van der Waals surface area contributed by atoms with Crippen molar-refractivity contribution < 1.29 is 14.7 Å². The van der Waals surface area contributed by atoms with Crippen LogP contribution in [0.1, 0.15) is 23.1 Å². The normalized spacial score (nSPS) is 10.3. The highest BCUT2D eigenvalue weighted by Crippen LogP contribution is 2.30. The van der Waals surface area contributed by atoms with Crippen molar-refractivity contribution in [3.05, 3.63) is 35.1 Å². The Morgan fingerprint density at radius 3 is 3.00 bits per heavy atom. The van der Waals surface area contributed by atoms with E-state index in [1.54, 1.807) is 23.7 Å². The second-order valence-corrected chi connectivity index (χ2v) is 6.19. The number of thiazole rings is 1. The maximum atomic E-state index is 11.7. The molecule has 0 atom stereocenters. The third-order valence-electron chi connectivity index (χ3n) is 2.37. The standard InChI is InChI=1S/C13H13N3O3S2/c1-2-14-12(19)10-6-9(3-4-15-10)21-13-16-8(7-20-13)5-11(17)18/h3-4,6-7H,2,5H2,1H3,(H,14,19)(H,17,18). The molecule has 0 spiro atoms. The van der Waals surface area contributed by atoms with Crippen LogP contribution in [-0.2, 0) is 11.2 Å². The second kappa shape index (κ2) is 7.19. The Hall–Kier alpha value is -1.93. The number of carboxylic acid groups (broad SMARTS) is 1. The van der Waals surface area contributed by atoms with E-state index < -0.39 is 5.97 Å². The summed E-state index contributed by atoms with van der Waals surface area (Å²) in [6.07, 6.45) is 1.48. The van der Waals surface area contributed by atoms with Crippen molar-refractivity contribution in [1.29, 1.82) is 0 Å². The van der Waals surface area contributed by atoms with Gasteiger partial charge in [0.15, 0.2) is 4.34 Å². The zero-order chi connectivity index (χ0) is 15.2. The van der Waals surface area contributed by atoms with Crippen LogP contribution in [0.5, 0.6) is 0 Å². The van der Waals surface area contributed by atoms with Crippen molar-refractivity contribution in [1.82, 2.24) is 15.3 Å². The minimum atomic E-state index is -0.903. The monoisotopic (exact) mass is 323 g/mol. The minimum absolute atomic E-state index is 0.0858. The molecule has 0 bridgehead atoms. The third-order valence-corrected chi connectivity index (χ3v) is 4.35. The lowest BCUT2D eigenvalue weighted by Crippen LogP contribution is -2.23. The summed E-state index contributed by atoms with van der Waals surface area (Å²) in [5.74, 6) is -1.12. The van der Waals surface area contributed by atoms with Gasteiger partial charge in [0, 0.05) is 23.0 Å². The fourth-order valence-corrected chi connectivity index (χ4v) is 3.35. The summed E-state index contributed by atoms with van der Waals surface area (Å²) >= 11 is 2.76. The molecule has 0 saturated heterocycles. The number of nitrogens with one attached hydrogen (secondary N) is 1. The van der Waals surface area contributed by atoms with E-state index in [1.165, 1.54) is 23.1 Å².